The Kier molecular flexibility index (Phi) is 5.29. The van der Waals surface area contributed by atoms with Gasteiger partial charge in [-0.05, 0) is 37.5 Å². The Morgan fingerprint density at radius 3 is 2.76 bits per heavy atom. The van der Waals surface area contributed by atoms with Gasteiger partial charge in [-0.15, -0.1) is 0 Å². The molecular weight excluding hydrogens is 356 g/mol. The van der Waals surface area contributed by atoms with Crippen molar-refractivity contribution in [3.8, 4) is 5.75 Å². The van der Waals surface area contributed by atoms with Gasteiger partial charge in [0.05, 0.1) is 6.61 Å². The number of halogens is 1. The lowest BCUT2D eigenvalue weighted by Crippen LogP contribution is -2.48. The van der Waals surface area contributed by atoms with Crippen LogP contribution in [0.4, 0.5) is 0 Å². The van der Waals surface area contributed by atoms with Crippen molar-refractivity contribution in [2.75, 3.05) is 19.7 Å². The van der Waals surface area contributed by atoms with Gasteiger partial charge in [0, 0.05) is 23.6 Å². The van der Waals surface area contributed by atoms with Crippen LogP contribution >= 0.6 is 15.9 Å². The molecule has 1 heterocycles. The van der Waals surface area contributed by atoms with Crippen LogP contribution in [0.25, 0.3) is 0 Å². The topological polar surface area (TPSA) is 72.6 Å². The highest BCUT2D eigenvalue weighted by atomic mass is 79.9. The van der Waals surface area contributed by atoms with Crippen LogP contribution in [0.15, 0.2) is 27.6 Å². The first-order chi connectivity index (χ1) is 9.84. The van der Waals surface area contributed by atoms with Crippen molar-refractivity contribution in [2.24, 2.45) is 11.7 Å². The van der Waals surface area contributed by atoms with Crippen LogP contribution in [0, 0.1) is 5.92 Å². The summed E-state index contributed by atoms with van der Waals surface area (Å²) in [5, 5.41) is 0. The number of hydrogen-bond donors (Lipinski definition) is 1. The van der Waals surface area contributed by atoms with Crippen molar-refractivity contribution in [3.63, 3.8) is 0 Å². The lowest BCUT2D eigenvalue weighted by Gasteiger charge is -2.34. The summed E-state index contributed by atoms with van der Waals surface area (Å²) in [5.41, 5.74) is 5.97. The highest BCUT2D eigenvalue weighted by Gasteiger charge is 2.33. The van der Waals surface area contributed by atoms with Crippen LogP contribution in [-0.4, -0.2) is 38.5 Å². The van der Waals surface area contributed by atoms with Gasteiger partial charge in [0.15, 0.2) is 0 Å². The van der Waals surface area contributed by atoms with Crippen molar-refractivity contribution >= 4 is 26.0 Å². The predicted octanol–water partition coefficient (Wildman–Crippen LogP) is 2.21. The number of benzene rings is 1. The van der Waals surface area contributed by atoms with E-state index < -0.39 is 10.0 Å². The minimum absolute atomic E-state index is 0.119. The van der Waals surface area contributed by atoms with E-state index in [0.717, 1.165) is 6.42 Å². The molecular formula is C14H21BrN2O3S. The van der Waals surface area contributed by atoms with Gasteiger partial charge in [-0.25, -0.2) is 8.42 Å². The second kappa shape index (κ2) is 6.64. The standard InChI is InChI=1S/C14H21BrN2O3S/c1-3-20-13-5-4-11(15)7-14(13)21(18,19)17-8-10(2)6-12(16)9-17/h4-5,7,10,12H,3,6,8-9,16H2,1-2H3. The summed E-state index contributed by atoms with van der Waals surface area (Å²) in [5.74, 6) is 0.638. The van der Waals surface area contributed by atoms with E-state index in [1.807, 2.05) is 13.8 Å². The average Bonchev–Trinajstić information content (AvgIpc) is 2.40. The van der Waals surface area contributed by atoms with Crippen molar-refractivity contribution in [1.82, 2.24) is 4.31 Å². The molecule has 7 heteroatoms. The Labute approximate surface area is 134 Å². The summed E-state index contributed by atoms with van der Waals surface area (Å²) in [6, 6.07) is 4.92. The van der Waals surface area contributed by atoms with Crippen LogP contribution in [-0.2, 0) is 10.0 Å². The SMILES string of the molecule is CCOc1ccc(Br)cc1S(=O)(=O)N1CC(C)CC(N)C1. The first-order valence-electron chi connectivity index (χ1n) is 7.02. The Bertz CT molecular complexity index is 596. The summed E-state index contributed by atoms with van der Waals surface area (Å²) in [7, 11) is -3.60. The largest absolute Gasteiger partial charge is 0.492 e. The normalized spacial score (nSPS) is 24.0. The maximum atomic E-state index is 12.9. The lowest BCUT2D eigenvalue weighted by molar-refractivity contribution is 0.253. The maximum absolute atomic E-state index is 12.9. The maximum Gasteiger partial charge on any atom is 0.246 e. The van der Waals surface area contributed by atoms with Gasteiger partial charge < -0.3 is 10.5 Å². The van der Waals surface area contributed by atoms with E-state index in [9.17, 15) is 8.42 Å². The first-order valence-corrected chi connectivity index (χ1v) is 9.26. The Morgan fingerprint density at radius 2 is 2.14 bits per heavy atom. The number of hydrogen-bond acceptors (Lipinski definition) is 4. The molecule has 0 spiro atoms. The van der Waals surface area contributed by atoms with Gasteiger partial charge in [-0.3, -0.25) is 0 Å². The number of nitrogens with two attached hydrogens (primary N) is 1. The Hall–Kier alpha value is -0.630. The number of ether oxygens (including phenoxy) is 1. The molecule has 2 rings (SSSR count). The second-order valence-electron chi connectivity index (χ2n) is 5.45. The molecule has 118 valence electrons. The van der Waals surface area contributed by atoms with Gasteiger partial charge in [0.25, 0.3) is 0 Å². The molecule has 5 nitrogen and oxygen atoms in total. The number of sulfonamides is 1. The second-order valence-corrected chi connectivity index (χ2v) is 8.27. The third-order valence-electron chi connectivity index (χ3n) is 3.48. The van der Waals surface area contributed by atoms with Crippen molar-refractivity contribution in [3.05, 3.63) is 22.7 Å². The van der Waals surface area contributed by atoms with E-state index in [2.05, 4.69) is 15.9 Å². The van der Waals surface area contributed by atoms with Gasteiger partial charge in [0.1, 0.15) is 10.6 Å². The average molecular weight is 377 g/mol. The zero-order valence-corrected chi connectivity index (χ0v) is 14.7. The fourth-order valence-electron chi connectivity index (χ4n) is 2.64. The van der Waals surface area contributed by atoms with Crippen molar-refractivity contribution in [2.45, 2.75) is 31.2 Å². The van der Waals surface area contributed by atoms with E-state index in [0.29, 0.717) is 29.9 Å². The number of nitrogens with zero attached hydrogens (tertiary/aromatic N) is 1. The fraction of sp³-hybridized carbons (Fsp3) is 0.571. The van der Waals surface area contributed by atoms with Gasteiger partial charge >= 0.3 is 0 Å². The van der Waals surface area contributed by atoms with Crippen molar-refractivity contribution in [1.29, 1.82) is 0 Å². The minimum atomic E-state index is -3.60. The molecule has 1 aromatic carbocycles. The smallest absolute Gasteiger partial charge is 0.246 e. The summed E-state index contributed by atoms with van der Waals surface area (Å²) in [6.45, 7) is 5.11. The molecule has 0 aliphatic carbocycles. The van der Waals surface area contributed by atoms with Crippen LogP contribution in [0.2, 0.25) is 0 Å². The molecule has 2 atom stereocenters. The van der Waals surface area contributed by atoms with Crippen LogP contribution < -0.4 is 10.5 Å². The lowest BCUT2D eigenvalue weighted by atomic mass is 9.99. The molecule has 1 aliphatic rings. The minimum Gasteiger partial charge on any atom is -0.492 e. The molecule has 1 saturated heterocycles. The van der Waals surface area contributed by atoms with E-state index in [1.54, 1.807) is 18.2 Å². The fourth-order valence-corrected chi connectivity index (χ4v) is 4.93. The molecule has 21 heavy (non-hydrogen) atoms. The van der Waals surface area contributed by atoms with Crippen LogP contribution in [0.5, 0.6) is 5.75 Å². The monoisotopic (exact) mass is 376 g/mol. The Morgan fingerprint density at radius 1 is 1.43 bits per heavy atom. The molecule has 2 unspecified atom stereocenters. The first kappa shape index (κ1) is 16.7. The number of rotatable bonds is 4. The third-order valence-corrected chi connectivity index (χ3v) is 5.83. The molecule has 0 bridgehead atoms. The Balaban J connectivity index is 2.41. The third kappa shape index (κ3) is 3.77. The molecule has 2 N–H and O–H groups in total. The van der Waals surface area contributed by atoms with Gasteiger partial charge in [-0.1, -0.05) is 22.9 Å². The molecule has 0 amide bonds. The summed E-state index contributed by atoms with van der Waals surface area (Å²) in [4.78, 5) is 0.194. The predicted molar refractivity (Wildman–Crippen MR) is 85.8 cm³/mol. The molecule has 0 saturated carbocycles. The van der Waals surface area contributed by atoms with E-state index in [-0.39, 0.29) is 16.9 Å². The summed E-state index contributed by atoms with van der Waals surface area (Å²) < 4.78 is 33.4. The summed E-state index contributed by atoms with van der Waals surface area (Å²) in [6.07, 6.45) is 0.850. The highest BCUT2D eigenvalue weighted by molar-refractivity contribution is 9.10. The molecule has 0 aromatic heterocycles. The quantitative estimate of drug-likeness (QED) is 0.873. The van der Waals surface area contributed by atoms with Gasteiger partial charge in [-0.2, -0.15) is 4.31 Å². The summed E-state index contributed by atoms with van der Waals surface area (Å²) >= 11 is 3.32. The molecule has 0 radical (unpaired) electrons. The zero-order valence-electron chi connectivity index (χ0n) is 12.3. The van der Waals surface area contributed by atoms with E-state index in [1.165, 1.54) is 4.31 Å². The van der Waals surface area contributed by atoms with E-state index >= 15 is 0 Å². The molecule has 1 aliphatic heterocycles. The van der Waals surface area contributed by atoms with E-state index in [4.69, 9.17) is 10.5 Å². The molecule has 1 fully saturated rings. The van der Waals surface area contributed by atoms with Crippen molar-refractivity contribution < 1.29 is 13.2 Å². The van der Waals surface area contributed by atoms with Crippen LogP contribution in [0.3, 0.4) is 0 Å². The zero-order chi connectivity index (χ0) is 15.6. The van der Waals surface area contributed by atoms with Crippen LogP contribution in [0.1, 0.15) is 20.3 Å². The highest BCUT2D eigenvalue weighted by Crippen LogP contribution is 2.32. The molecule has 1 aromatic rings. The van der Waals surface area contributed by atoms with Gasteiger partial charge in [0.2, 0.25) is 10.0 Å². The number of piperidine rings is 1.